The number of hydrogen-bond donors (Lipinski definition) is 2. The topological polar surface area (TPSA) is 84.2 Å². The van der Waals surface area contributed by atoms with Crippen LogP contribution in [0.15, 0.2) is 24.7 Å². The minimum absolute atomic E-state index is 0.000193. The number of carbonyl (C=O) groups excluding carboxylic acids is 1. The minimum atomic E-state index is -1.06. The first-order valence-electron chi connectivity index (χ1n) is 5.66. The molecule has 2 aromatic rings. The van der Waals surface area contributed by atoms with Gasteiger partial charge in [0.15, 0.2) is 5.69 Å². The van der Waals surface area contributed by atoms with E-state index in [1.807, 2.05) is 13.0 Å². The van der Waals surface area contributed by atoms with Crippen LogP contribution in [0.25, 0.3) is 0 Å². The van der Waals surface area contributed by atoms with E-state index in [1.54, 1.807) is 10.6 Å². The number of aromatic carboxylic acids is 1. The summed E-state index contributed by atoms with van der Waals surface area (Å²) in [5.41, 5.74) is 0.000193. The smallest absolute Gasteiger partial charge is 0.356 e. The maximum absolute atomic E-state index is 11.7. The van der Waals surface area contributed by atoms with Crippen molar-refractivity contribution in [3.05, 3.63) is 40.1 Å². The van der Waals surface area contributed by atoms with Crippen molar-refractivity contribution in [3.63, 3.8) is 0 Å². The number of nitrogens with zero attached hydrogens (tertiary/aromatic N) is 2. The first-order valence-corrected chi connectivity index (χ1v) is 6.47. The van der Waals surface area contributed by atoms with Crippen LogP contribution < -0.4 is 5.32 Å². The number of hydrogen-bond acceptors (Lipinski definition) is 4. The fraction of sp³-hybridized carbons (Fsp3) is 0.250. The van der Waals surface area contributed by atoms with Gasteiger partial charge in [-0.2, -0.15) is 0 Å². The lowest BCUT2D eigenvalue weighted by Crippen LogP contribution is -2.26. The third kappa shape index (κ3) is 3.41. The molecule has 0 aliphatic rings. The van der Waals surface area contributed by atoms with Crippen molar-refractivity contribution in [1.29, 1.82) is 0 Å². The fourth-order valence-corrected chi connectivity index (χ4v) is 2.32. The molecule has 0 saturated carbocycles. The van der Waals surface area contributed by atoms with Crippen LogP contribution in [0, 0.1) is 6.92 Å². The number of carboxylic acid groups (broad SMARTS) is 1. The summed E-state index contributed by atoms with van der Waals surface area (Å²) in [6, 6.07) is 3.68. The lowest BCUT2D eigenvalue weighted by atomic mass is 10.4. The summed E-state index contributed by atoms with van der Waals surface area (Å²) in [5, 5.41) is 11.5. The van der Waals surface area contributed by atoms with E-state index in [4.69, 9.17) is 5.11 Å². The highest BCUT2D eigenvalue weighted by Gasteiger charge is 2.08. The molecule has 0 atom stereocenters. The Morgan fingerprint density at radius 3 is 2.84 bits per heavy atom. The van der Waals surface area contributed by atoms with Crippen LogP contribution in [-0.4, -0.2) is 33.1 Å². The van der Waals surface area contributed by atoms with E-state index >= 15 is 0 Å². The maximum Gasteiger partial charge on any atom is 0.356 e. The number of aryl methyl sites for hydroxylation is 1. The molecule has 0 fully saturated rings. The Balaban J connectivity index is 1.83. The Morgan fingerprint density at radius 2 is 2.26 bits per heavy atom. The molecule has 0 saturated heterocycles. The molecule has 0 aliphatic carbocycles. The van der Waals surface area contributed by atoms with Gasteiger partial charge in [-0.3, -0.25) is 4.79 Å². The van der Waals surface area contributed by atoms with E-state index in [0.29, 0.717) is 18.0 Å². The maximum atomic E-state index is 11.7. The second kappa shape index (κ2) is 5.66. The number of imidazole rings is 1. The van der Waals surface area contributed by atoms with Crippen LogP contribution in [-0.2, 0) is 6.54 Å². The summed E-state index contributed by atoms with van der Waals surface area (Å²) in [5.74, 6) is -1.17. The van der Waals surface area contributed by atoms with E-state index in [2.05, 4.69) is 10.3 Å². The van der Waals surface area contributed by atoms with Gasteiger partial charge < -0.3 is 15.0 Å². The van der Waals surface area contributed by atoms with E-state index < -0.39 is 5.97 Å². The molecule has 0 aromatic carbocycles. The van der Waals surface area contributed by atoms with Gasteiger partial charge in [0, 0.05) is 24.2 Å². The van der Waals surface area contributed by atoms with Crippen molar-refractivity contribution in [1.82, 2.24) is 14.9 Å². The van der Waals surface area contributed by atoms with Gasteiger partial charge in [-0.25, -0.2) is 9.78 Å². The minimum Gasteiger partial charge on any atom is -0.476 e. The first kappa shape index (κ1) is 13.3. The fourth-order valence-electron chi connectivity index (χ4n) is 1.54. The molecule has 100 valence electrons. The van der Waals surface area contributed by atoms with Crippen LogP contribution in [0.4, 0.5) is 0 Å². The predicted octanol–water partition coefficient (Wildman–Crippen LogP) is 1.38. The monoisotopic (exact) mass is 279 g/mol. The molecule has 6 nitrogen and oxygen atoms in total. The van der Waals surface area contributed by atoms with Crippen molar-refractivity contribution >= 4 is 23.2 Å². The van der Waals surface area contributed by atoms with Crippen molar-refractivity contribution in [2.75, 3.05) is 6.54 Å². The van der Waals surface area contributed by atoms with Gasteiger partial charge in [0.25, 0.3) is 5.91 Å². The molecule has 2 rings (SSSR count). The first-order chi connectivity index (χ1) is 9.06. The second-order valence-electron chi connectivity index (χ2n) is 3.97. The van der Waals surface area contributed by atoms with Crippen LogP contribution >= 0.6 is 11.3 Å². The number of thiophene rings is 1. The molecule has 0 bridgehead atoms. The van der Waals surface area contributed by atoms with Gasteiger partial charge >= 0.3 is 5.97 Å². The highest BCUT2D eigenvalue weighted by atomic mass is 32.1. The Hall–Kier alpha value is -2.15. The average Bonchev–Trinajstić information content (AvgIpc) is 2.98. The molecule has 0 unspecified atom stereocenters. The van der Waals surface area contributed by atoms with Gasteiger partial charge in [0.2, 0.25) is 0 Å². The molecule has 2 aromatic heterocycles. The SMILES string of the molecule is Cc1ccc(C(=O)NCCn2cnc(C(=O)O)c2)s1. The van der Waals surface area contributed by atoms with E-state index in [0.717, 1.165) is 4.88 Å². The van der Waals surface area contributed by atoms with Gasteiger partial charge in [0.05, 0.1) is 11.2 Å². The number of carboxylic acids is 1. The highest BCUT2D eigenvalue weighted by Crippen LogP contribution is 2.14. The molecule has 2 N–H and O–H groups in total. The zero-order chi connectivity index (χ0) is 13.8. The lowest BCUT2D eigenvalue weighted by Gasteiger charge is -2.03. The second-order valence-corrected chi connectivity index (χ2v) is 5.26. The summed E-state index contributed by atoms with van der Waals surface area (Å²) in [6.07, 6.45) is 2.87. The largest absolute Gasteiger partial charge is 0.476 e. The summed E-state index contributed by atoms with van der Waals surface area (Å²) in [6.45, 7) is 2.85. The van der Waals surface area contributed by atoms with Gasteiger partial charge in [-0.1, -0.05) is 0 Å². The zero-order valence-corrected chi connectivity index (χ0v) is 11.1. The number of nitrogens with one attached hydrogen (secondary N) is 1. The van der Waals surface area contributed by atoms with Crippen molar-refractivity contribution in [3.8, 4) is 0 Å². The number of rotatable bonds is 5. The molecule has 0 spiro atoms. The molecule has 19 heavy (non-hydrogen) atoms. The average molecular weight is 279 g/mol. The van der Waals surface area contributed by atoms with Crippen molar-refractivity contribution in [2.45, 2.75) is 13.5 Å². The molecule has 7 heteroatoms. The Kier molecular flexibility index (Phi) is 3.96. The molecular weight excluding hydrogens is 266 g/mol. The van der Waals surface area contributed by atoms with Crippen LogP contribution in [0.2, 0.25) is 0 Å². The predicted molar refractivity (Wildman–Crippen MR) is 70.6 cm³/mol. The summed E-state index contributed by atoms with van der Waals surface area (Å²) in [4.78, 5) is 27.9. The third-order valence-corrected chi connectivity index (χ3v) is 3.47. The molecular formula is C12H13N3O3S. The number of carbonyl (C=O) groups is 2. The molecule has 2 heterocycles. The van der Waals surface area contributed by atoms with Gasteiger partial charge in [0.1, 0.15) is 0 Å². The Bertz CT molecular complexity index is 603. The van der Waals surface area contributed by atoms with Crippen LogP contribution in [0.5, 0.6) is 0 Å². The van der Waals surface area contributed by atoms with Crippen molar-refractivity contribution in [2.24, 2.45) is 0 Å². The highest BCUT2D eigenvalue weighted by molar-refractivity contribution is 7.13. The Morgan fingerprint density at radius 1 is 1.47 bits per heavy atom. The number of aromatic nitrogens is 2. The summed E-state index contributed by atoms with van der Waals surface area (Å²) in [7, 11) is 0. The normalized spacial score (nSPS) is 10.4. The zero-order valence-electron chi connectivity index (χ0n) is 10.3. The molecule has 0 aliphatic heterocycles. The third-order valence-electron chi connectivity index (χ3n) is 2.47. The summed E-state index contributed by atoms with van der Waals surface area (Å²) < 4.78 is 1.63. The lowest BCUT2D eigenvalue weighted by molar-refractivity contribution is 0.0690. The molecule has 0 radical (unpaired) electrons. The summed E-state index contributed by atoms with van der Waals surface area (Å²) >= 11 is 1.44. The van der Waals surface area contributed by atoms with Gasteiger partial charge in [-0.05, 0) is 19.1 Å². The van der Waals surface area contributed by atoms with E-state index in [9.17, 15) is 9.59 Å². The van der Waals surface area contributed by atoms with Crippen LogP contribution in [0.1, 0.15) is 25.0 Å². The molecule has 1 amide bonds. The van der Waals surface area contributed by atoms with Crippen LogP contribution in [0.3, 0.4) is 0 Å². The van der Waals surface area contributed by atoms with E-state index in [1.165, 1.54) is 23.9 Å². The quantitative estimate of drug-likeness (QED) is 0.866. The van der Waals surface area contributed by atoms with Gasteiger partial charge in [-0.15, -0.1) is 11.3 Å². The van der Waals surface area contributed by atoms with E-state index in [-0.39, 0.29) is 11.6 Å². The standard InChI is InChI=1S/C12H13N3O3S/c1-8-2-3-10(19-8)11(16)13-4-5-15-6-9(12(17)18)14-7-15/h2-3,6-7H,4-5H2,1H3,(H,13,16)(H,17,18). The Labute approximate surface area is 113 Å². The van der Waals surface area contributed by atoms with Crippen molar-refractivity contribution < 1.29 is 14.7 Å². The number of amides is 1.